The Bertz CT molecular complexity index is 1150. The lowest BCUT2D eigenvalue weighted by Crippen LogP contribution is -2.35. The van der Waals surface area contributed by atoms with Crippen LogP contribution in [0.1, 0.15) is 39.9 Å². The molecule has 4 rings (SSSR count). The highest BCUT2D eigenvalue weighted by molar-refractivity contribution is 5.92. The van der Waals surface area contributed by atoms with E-state index in [4.69, 9.17) is 23.5 Å². The molecule has 0 saturated carbocycles. The van der Waals surface area contributed by atoms with Gasteiger partial charge in [-0.2, -0.15) is 0 Å². The molecule has 1 aliphatic rings. The van der Waals surface area contributed by atoms with Crippen molar-refractivity contribution >= 4 is 11.9 Å². The molecule has 0 saturated heterocycles. The summed E-state index contributed by atoms with van der Waals surface area (Å²) in [6.07, 6.45) is -0.974. The van der Waals surface area contributed by atoms with Crippen molar-refractivity contribution in [3.63, 3.8) is 0 Å². The molecule has 0 spiro atoms. The first-order valence-electron chi connectivity index (χ1n) is 10.4. The van der Waals surface area contributed by atoms with Crippen LogP contribution in [0.2, 0.25) is 0 Å². The Morgan fingerprint density at radius 3 is 2.73 bits per heavy atom. The minimum atomic E-state index is -0.974. The zero-order valence-electron chi connectivity index (χ0n) is 18.5. The maximum atomic E-state index is 12.5. The van der Waals surface area contributed by atoms with Gasteiger partial charge in [0.2, 0.25) is 6.79 Å². The first-order valence-corrected chi connectivity index (χ1v) is 10.4. The van der Waals surface area contributed by atoms with Crippen molar-refractivity contribution in [2.24, 2.45) is 0 Å². The molecule has 0 bridgehead atoms. The fourth-order valence-corrected chi connectivity index (χ4v) is 3.24. The number of hydrogen-bond acceptors (Lipinski definition) is 8. The number of fused-ring (bicyclic) bond motifs is 1. The standard InChI is InChI=1S/C24H24N2O7/c1-14-20(15(2)33-26-14)12-29-19-6-4-5-18(10-19)24(28)32-16(3)23(27)25-11-17-7-8-21-22(9-17)31-13-30-21/h4-10,16H,11-13H2,1-3H3,(H,25,27)/t16-/m0/s1. The Labute approximate surface area is 190 Å². The van der Waals surface area contributed by atoms with E-state index in [1.165, 1.54) is 6.92 Å². The van der Waals surface area contributed by atoms with Crippen LogP contribution >= 0.6 is 0 Å². The van der Waals surface area contributed by atoms with Crippen molar-refractivity contribution in [2.45, 2.75) is 40.0 Å². The first kappa shape index (κ1) is 22.2. The Morgan fingerprint density at radius 2 is 1.94 bits per heavy atom. The molecule has 3 aromatic rings. The van der Waals surface area contributed by atoms with Crippen molar-refractivity contribution in [2.75, 3.05) is 6.79 Å². The molecule has 1 atom stereocenters. The van der Waals surface area contributed by atoms with Gasteiger partial charge in [0.15, 0.2) is 17.6 Å². The minimum Gasteiger partial charge on any atom is -0.489 e. The molecular formula is C24H24N2O7. The summed E-state index contributed by atoms with van der Waals surface area (Å²) in [5.74, 6) is 1.45. The molecule has 2 aromatic carbocycles. The predicted octanol–water partition coefficient (Wildman–Crippen LogP) is 3.46. The summed E-state index contributed by atoms with van der Waals surface area (Å²) in [6, 6.07) is 12.0. The number of nitrogens with zero attached hydrogens (tertiary/aromatic N) is 1. The van der Waals surface area contributed by atoms with E-state index in [1.54, 1.807) is 36.4 Å². The average molecular weight is 452 g/mol. The first-order chi connectivity index (χ1) is 15.9. The average Bonchev–Trinajstić information content (AvgIpc) is 3.41. The molecule has 172 valence electrons. The van der Waals surface area contributed by atoms with E-state index < -0.39 is 18.0 Å². The number of nitrogens with one attached hydrogen (secondary N) is 1. The Morgan fingerprint density at radius 1 is 1.12 bits per heavy atom. The second-order valence-electron chi connectivity index (χ2n) is 7.57. The van der Waals surface area contributed by atoms with E-state index >= 15 is 0 Å². The molecule has 33 heavy (non-hydrogen) atoms. The Hall–Kier alpha value is -4.01. The van der Waals surface area contributed by atoms with E-state index in [1.807, 2.05) is 19.9 Å². The highest BCUT2D eigenvalue weighted by Gasteiger charge is 2.20. The number of hydrogen-bond donors (Lipinski definition) is 1. The van der Waals surface area contributed by atoms with Gasteiger partial charge in [0.1, 0.15) is 18.1 Å². The number of rotatable bonds is 8. The summed E-state index contributed by atoms with van der Waals surface area (Å²) in [4.78, 5) is 24.9. The van der Waals surface area contributed by atoms with Crippen molar-refractivity contribution in [3.05, 3.63) is 70.6 Å². The molecule has 0 unspecified atom stereocenters. The van der Waals surface area contributed by atoms with Crippen LogP contribution in [0.25, 0.3) is 0 Å². The minimum absolute atomic E-state index is 0.185. The lowest BCUT2D eigenvalue weighted by molar-refractivity contribution is -0.129. The maximum absolute atomic E-state index is 12.5. The molecular weight excluding hydrogens is 428 g/mol. The van der Waals surface area contributed by atoms with Crippen LogP contribution in [0.5, 0.6) is 17.2 Å². The third-order valence-electron chi connectivity index (χ3n) is 5.19. The van der Waals surface area contributed by atoms with Gasteiger partial charge >= 0.3 is 5.97 Å². The van der Waals surface area contributed by atoms with E-state index in [0.29, 0.717) is 23.0 Å². The highest BCUT2D eigenvalue weighted by atomic mass is 16.7. The summed E-state index contributed by atoms with van der Waals surface area (Å²) in [6.45, 7) is 5.88. The van der Waals surface area contributed by atoms with Crippen LogP contribution in [0.3, 0.4) is 0 Å². The van der Waals surface area contributed by atoms with Crippen LogP contribution < -0.4 is 19.5 Å². The van der Waals surface area contributed by atoms with Gasteiger partial charge in [-0.05, 0) is 56.7 Å². The number of benzene rings is 2. The van der Waals surface area contributed by atoms with Gasteiger partial charge in [0.05, 0.1) is 16.8 Å². The number of ether oxygens (including phenoxy) is 4. The third kappa shape index (κ3) is 5.25. The quantitative estimate of drug-likeness (QED) is 0.518. The van der Waals surface area contributed by atoms with E-state index in [0.717, 1.165) is 16.8 Å². The van der Waals surface area contributed by atoms with Crippen LogP contribution in [-0.4, -0.2) is 29.9 Å². The second-order valence-corrected chi connectivity index (χ2v) is 7.57. The zero-order chi connectivity index (χ0) is 23.4. The van der Waals surface area contributed by atoms with Crippen LogP contribution in [0, 0.1) is 13.8 Å². The largest absolute Gasteiger partial charge is 0.489 e. The normalized spacial score (nSPS) is 12.8. The summed E-state index contributed by atoms with van der Waals surface area (Å²) < 4.78 is 26.8. The van der Waals surface area contributed by atoms with Crippen LogP contribution in [0.15, 0.2) is 47.0 Å². The lowest BCUT2D eigenvalue weighted by atomic mass is 10.2. The molecule has 1 aromatic heterocycles. The van der Waals surface area contributed by atoms with Crippen LogP contribution in [0.4, 0.5) is 0 Å². The SMILES string of the molecule is Cc1noc(C)c1COc1cccc(C(=O)O[C@@H](C)C(=O)NCc2ccc3c(c2)OCO3)c1. The van der Waals surface area contributed by atoms with Gasteiger partial charge in [-0.15, -0.1) is 0 Å². The number of carbonyl (C=O) groups is 2. The van der Waals surface area contributed by atoms with Crippen molar-refractivity contribution < 1.29 is 33.1 Å². The van der Waals surface area contributed by atoms with E-state index in [9.17, 15) is 9.59 Å². The smallest absolute Gasteiger partial charge is 0.339 e. The summed E-state index contributed by atoms with van der Waals surface area (Å²) >= 11 is 0. The fraction of sp³-hybridized carbons (Fsp3) is 0.292. The summed E-state index contributed by atoms with van der Waals surface area (Å²) in [5, 5.41) is 6.65. The predicted molar refractivity (Wildman–Crippen MR) is 116 cm³/mol. The van der Waals surface area contributed by atoms with Crippen molar-refractivity contribution in [1.29, 1.82) is 0 Å². The summed E-state index contributed by atoms with van der Waals surface area (Å²) in [5.41, 5.74) is 2.73. The highest BCUT2D eigenvalue weighted by Crippen LogP contribution is 2.32. The molecule has 1 aliphatic heterocycles. The van der Waals surface area contributed by atoms with Gasteiger partial charge < -0.3 is 28.8 Å². The molecule has 9 heteroatoms. The van der Waals surface area contributed by atoms with Crippen molar-refractivity contribution in [1.82, 2.24) is 10.5 Å². The second kappa shape index (κ2) is 9.64. The van der Waals surface area contributed by atoms with Gasteiger partial charge in [0.25, 0.3) is 5.91 Å². The zero-order valence-corrected chi connectivity index (χ0v) is 18.5. The molecule has 0 fully saturated rings. The lowest BCUT2D eigenvalue weighted by Gasteiger charge is -2.14. The molecule has 2 heterocycles. The van der Waals surface area contributed by atoms with E-state index in [-0.39, 0.29) is 25.5 Å². The number of esters is 1. The van der Waals surface area contributed by atoms with Gasteiger partial charge in [-0.25, -0.2) is 4.79 Å². The number of carbonyl (C=O) groups excluding carboxylic acids is 2. The monoisotopic (exact) mass is 452 g/mol. The fourth-order valence-electron chi connectivity index (χ4n) is 3.24. The van der Waals surface area contributed by atoms with Gasteiger partial charge in [-0.1, -0.05) is 17.3 Å². The molecule has 9 nitrogen and oxygen atoms in total. The molecule has 1 N–H and O–H groups in total. The van der Waals surface area contributed by atoms with Gasteiger partial charge in [0, 0.05) is 6.54 Å². The number of aryl methyl sites for hydroxylation is 2. The molecule has 0 radical (unpaired) electrons. The van der Waals surface area contributed by atoms with Crippen molar-refractivity contribution in [3.8, 4) is 17.2 Å². The molecule has 1 amide bonds. The van der Waals surface area contributed by atoms with E-state index in [2.05, 4.69) is 10.5 Å². The van der Waals surface area contributed by atoms with Crippen LogP contribution in [-0.2, 0) is 22.7 Å². The Balaban J connectivity index is 1.29. The maximum Gasteiger partial charge on any atom is 0.339 e. The summed E-state index contributed by atoms with van der Waals surface area (Å²) in [7, 11) is 0. The number of aromatic nitrogens is 1. The third-order valence-corrected chi connectivity index (χ3v) is 5.19. The molecule has 0 aliphatic carbocycles. The van der Waals surface area contributed by atoms with Gasteiger partial charge in [-0.3, -0.25) is 4.79 Å². The number of amides is 1. The topological polar surface area (TPSA) is 109 Å². The Kier molecular flexibility index (Phi) is 6.48.